The van der Waals surface area contributed by atoms with Crippen molar-refractivity contribution >= 4 is 64.0 Å². The fourth-order valence-corrected chi connectivity index (χ4v) is 5.38. The van der Waals surface area contributed by atoms with E-state index in [1.807, 2.05) is 0 Å². The molecule has 218 valence electrons. The number of rotatable bonds is 10. The lowest BCUT2D eigenvalue weighted by Gasteiger charge is -2.13. The number of hydrogen-bond acceptors (Lipinski definition) is 9. The summed E-state index contributed by atoms with van der Waals surface area (Å²) < 4.78 is 16.8. The second-order valence-electron chi connectivity index (χ2n) is 9.00. The van der Waals surface area contributed by atoms with Gasteiger partial charge in [0.05, 0.1) is 36.0 Å². The van der Waals surface area contributed by atoms with Gasteiger partial charge in [0.2, 0.25) is 0 Å². The van der Waals surface area contributed by atoms with E-state index in [2.05, 4.69) is 10.2 Å². The Kier molecular flexibility index (Phi) is 9.45. The summed E-state index contributed by atoms with van der Waals surface area (Å²) >= 11 is 13.3. The molecule has 0 N–H and O–H groups in total. The molecule has 1 amide bonds. The van der Waals surface area contributed by atoms with E-state index >= 15 is 0 Å². The maximum atomic E-state index is 13.3. The standard InChI is InChI=1S/C30H22Cl2N4O6S/c1-40-27-13-20(7-10-26(27)42-18-21-8-9-22(31)15-25(21)32)16-33-34-30-35(17-24-6-3-11-41-24)29(37)28(43-30)14-19-4-2-5-23(12-19)36(38)39/h2-16H,17-18H2,1H3/b28-14-,33-16+,34-30-. The van der Waals surface area contributed by atoms with Crippen LogP contribution < -0.4 is 9.47 Å². The number of ether oxygens (including phenoxy) is 2. The van der Waals surface area contributed by atoms with Gasteiger partial charge in [0.25, 0.3) is 11.6 Å². The van der Waals surface area contributed by atoms with Crippen molar-refractivity contribution in [2.45, 2.75) is 13.2 Å². The summed E-state index contributed by atoms with van der Waals surface area (Å²) in [5.41, 5.74) is 1.89. The number of nitro benzene ring substituents is 1. The third-order valence-electron chi connectivity index (χ3n) is 6.10. The van der Waals surface area contributed by atoms with Crippen LogP contribution in [0.15, 0.2) is 98.6 Å². The highest BCUT2D eigenvalue weighted by Crippen LogP contribution is 2.34. The van der Waals surface area contributed by atoms with Crippen LogP contribution in [0.2, 0.25) is 10.0 Å². The fraction of sp³-hybridized carbons (Fsp3) is 0.100. The van der Waals surface area contributed by atoms with Gasteiger partial charge < -0.3 is 13.9 Å². The first-order chi connectivity index (χ1) is 20.8. The zero-order chi connectivity index (χ0) is 30.3. The number of carbonyl (C=O) groups excluding carboxylic acids is 1. The quantitative estimate of drug-likeness (QED) is 0.0761. The molecule has 0 radical (unpaired) electrons. The minimum absolute atomic E-state index is 0.0728. The predicted octanol–water partition coefficient (Wildman–Crippen LogP) is 7.59. The third-order valence-corrected chi connectivity index (χ3v) is 7.68. The highest BCUT2D eigenvalue weighted by Gasteiger charge is 2.34. The number of non-ortho nitro benzene ring substituents is 1. The lowest BCUT2D eigenvalue weighted by molar-refractivity contribution is -0.384. The van der Waals surface area contributed by atoms with Crippen LogP contribution in [-0.2, 0) is 17.9 Å². The number of amides is 1. The van der Waals surface area contributed by atoms with Crippen molar-refractivity contribution in [2.24, 2.45) is 10.2 Å². The number of hydrogen-bond donors (Lipinski definition) is 0. The zero-order valence-corrected chi connectivity index (χ0v) is 24.8. The molecule has 0 saturated carbocycles. The molecule has 1 aliphatic rings. The summed E-state index contributed by atoms with van der Waals surface area (Å²) in [7, 11) is 1.53. The summed E-state index contributed by atoms with van der Waals surface area (Å²) in [6.45, 7) is 0.355. The van der Waals surface area contributed by atoms with E-state index < -0.39 is 4.92 Å². The van der Waals surface area contributed by atoms with Crippen molar-refractivity contribution in [1.29, 1.82) is 0 Å². The van der Waals surface area contributed by atoms with Gasteiger partial charge in [0.15, 0.2) is 16.7 Å². The predicted molar refractivity (Wildman–Crippen MR) is 167 cm³/mol. The molecule has 0 bridgehead atoms. The number of nitrogens with zero attached hydrogens (tertiary/aromatic N) is 4. The van der Waals surface area contributed by atoms with Gasteiger partial charge in [-0.3, -0.25) is 19.8 Å². The first kappa shape index (κ1) is 29.9. The number of carbonyl (C=O) groups is 1. The summed E-state index contributed by atoms with van der Waals surface area (Å²) in [5, 5.41) is 21.1. The Morgan fingerprint density at radius 1 is 1.05 bits per heavy atom. The molecule has 4 aromatic rings. The third kappa shape index (κ3) is 7.44. The molecule has 0 aliphatic carbocycles. The van der Waals surface area contributed by atoms with E-state index in [1.54, 1.807) is 66.7 Å². The van der Waals surface area contributed by atoms with Gasteiger partial charge in [-0.2, -0.15) is 5.10 Å². The lowest BCUT2D eigenvalue weighted by Crippen LogP contribution is -2.28. The second-order valence-corrected chi connectivity index (χ2v) is 10.8. The number of amidine groups is 1. The first-order valence-electron chi connectivity index (χ1n) is 12.6. The number of methoxy groups -OCH3 is 1. The lowest BCUT2D eigenvalue weighted by atomic mass is 10.2. The van der Waals surface area contributed by atoms with E-state index in [9.17, 15) is 14.9 Å². The molecule has 5 rings (SSSR count). The van der Waals surface area contributed by atoms with Crippen molar-refractivity contribution in [3.05, 3.63) is 127 Å². The van der Waals surface area contributed by atoms with Gasteiger partial charge in [-0.05, 0) is 71.4 Å². The highest BCUT2D eigenvalue weighted by molar-refractivity contribution is 8.18. The van der Waals surface area contributed by atoms with Crippen LogP contribution in [0.4, 0.5) is 5.69 Å². The number of halogens is 2. The molecular formula is C30H22Cl2N4O6S. The van der Waals surface area contributed by atoms with E-state index in [1.165, 1.54) is 36.6 Å². The van der Waals surface area contributed by atoms with Crippen LogP contribution in [0, 0.1) is 10.1 Å². The molecule has 0 unspecified atom stereocenters. The smallest absolute Gasteiger partial charge is 0.270 e. The van der Waals surface area contributed by atoms with Gasteiger partial charge in [-0.1, -0.05) is 41.4 Å². The van der Waals surface area contributed by atoms with Gasteiger partial charge in [0.1, 0.15) is 12.4 Å². The van der Waals surface area contributed by atoms with Gasteiger partial charge >= 0.3 is 0 Å². The molecule has 10 nitrogen and oxygen atoms in total. The molecule has 43 heavy (non-hydrogen) atoms. The normalized spacial score (nSPS) is 15.1. The number of thioether (sulfide) groups is 1. The van der Waals surface area contributed by atoms with Crippen LogP contribution in [0.5, 0.6) is 11.5 Å². The first-order valence-corrected chi connectivity index (χ1v) is 14.2. The molecule has 13 heteroatoms. The Balaban J connectivity index is 1.35. The molecule has 0 spiro atoms. The van der Waals surface area contributed by atoms with Crippen molar-refractivity contribution in [2.75, 3.05) is 7.11 Å². The van der Waals surface area contributed by atoms with Crippen LogP contribution in [0.25, 0.3) is 6.08 Å². The van der Waals surface area contributed by atoms with Crippen molar-refractivity contribution < 1.29 is 23.6 Å². The van der Waals surface area contributed by atoms with Gasteiger partial charge in [0, 0.05) is 27.7 Å². The minimum Gasteiger partial charge on any atom is -0.493 e. The summed E-state index contributed by atoms with van der Waals surface area (Å²) in [6, 6.07) is 20.0. The van der Waals surface area contributed by atoms with Crippen molar-refractivity contribution in [1.82, 2.24) is 4.90 Å². The maximum Gasteiger partial charge on any atom is 0.270 e. The number of nitro groups is 1. The van der Waals surface area contributed by atoms with Crippen LogP contribution >= 0.6 is 35.0 Å². The van der Waals surface area contributed by atoms with Crippen LogP contribution in [0.1, 0.15) is 22.5 Å². The monoisotopic (exact) mass is 636 g/mol. The Hall–Kier alpha value is -4.58. The SMILES string of the molecule is COc1cc(/C=N/N=C2\S/C(=C\c3cccc([N+](=O)[O-])c3)C(=O)N2Cc2ccco2)ccc1OCc1ccc(Cl)cc1Cl. The Bertz CT molecular complexity index is 1760. The van der Waals surface area contributed by atoms with Gasteiger partial charge in [-0.15, -0.1) is 5.10 Å². The number of benzene rings is 3. The highest BCUT2D eigenvalue weighted by atomic mass is 35.5. The van der Waals surface area contributed by atoms with Gasteiger partial charge in [-0.25, -0.2) is 0 Å². The fourth-order valence-electron chi connectivity index (χ4n) is 3.98. The Morgan fingerprint density at radius 3 is 2.65 bits per heavy atom. The van der Waals surface area contributed by atoms with E-state index in [0.29, 0.717) is 48.5 Å². The summed E-state index contributed by atoms with van der Waals surface area (Å²) in [6.07, 6.45) is 4.62. The molecule has 0 atom stereocenters. The molecular weight excluding hydrogens is 615 g/mol. The molecule has 1 aliphatic heterocycles. The maximum absolute atomic E-state index is 13.3. The minimum atomic E-state index is -0.487. The van der Waals surface area contributed by atoms with Crippen molar-refractivity contribution in [3.63, 3.8) is 0 Å². The largest absolute Gasteiger partial charge is 0.493 e. The molecule has 2 heterocycles. The Labute approximate surface area is 260 Å². The van der Waals surface area contributed by atoms with Crippen LogP contribution in [-0.4, -0.2) is 34.2 Å². The molecule has 1 aromatic heterocycles. The Morgan fingerprint density at radius 2 is 1.91 bits per heavy atom. The molecule has 3 aromatic carbocycles. The zero-order valence-electron chi connectivity index (χ0n) is 22.5. The average molecular weight is 638 g/mol. The second kappa shape index (κ2) is 13.6. The molecule has 1 saturated heterocycles. The topological polar surface area (TPSA) is 120 Å². The van der Waals surface area contributed by atoms with E-state index in [-0.39, 0.29) is 24.7 Å². The van der Waals surface area contributed by atoms with Crippen LogP contribution in [0.3, 0.4) is 0 Å². The van der Waals surface area contributed by atoms with E-state index in [0.717, 1.165) is 17.3 Å². The average Bonchev–Trinajstić information content (AvgIpc) is 3.61. The van der Waals surface area contributed by atoms with E-state index in [4.69, 9.17) is 37.1 Å². The summed E-state index contributed by atoms with van der Waals surface area (Å²) in [4.78, 5) is 25.8. The van der Waals surface area contributed by atoms with Crippen molar-refractivity contribution in [3.8, 4) is 11.5 Å². The number of furan rings is 1. The molecule has 1 fully saturated rings. The summed E-state index contributed by atoms with van der Waals surface area (Å²) in [5.74, 6) is 1.22.